The van der Waals surface area contributed by atoms with Gasteiger partial charge in [-0.2, -0.15) is 0 Å². The van der Waals surface area contributed by atoms with Crippen molar-refractivity contribution in [2.75, 3.05) is 0 Å². The molecular formula is C5H5N2NaO. The SMILES string of the molecule is CC1([C](=O)[Na])N=CC=N1. The van der Waals surface area contributed by atoms with Crippen molar-refractivity contribution >= 4 is 43.4 Å². The fourth-order valence-electron chi connectivity index (χ4n) is 0.572. The molecule has 4 heteroatoms. The Morgan fingerprint density at radius 2 is 2.00 bits per heavy atom. The summed E-state index contributed by atoms with van der Waals surface area (Å²) in [6, 6.07) is 0. The average molecular weight is 132 g/mol. The van der Waals surface area contributed by atoms with E-state index in [9.17, 15) is 4.79 Å². The van der Waals surface area contributed by atoms with Gasteiger partial charge in [-0.05, 0) is 0 Å². The fourth-order valence-corrected chi connectivity index (χ4v) is 0.830. The summed E-state index contributed by atoms with van der Waals surface area (Å²) in [6.07, 6.45) is 3.13. The standard InChI is InChI=1S/C5H5N2O.Na/c1-5(4-8)6-2-3-7-5;/h2-3H,1H3;. The number of hydrogen-bond donors (Lipinski definition) is 0. The molecule has 0 saturated heterocycles. The Bertz CT molecular complexity index is 185. The van der Waals surface area contributed by atoms with Gasteiger partial charge >= 0.3 is 70.8 Å². The summed E-state index contributed by atoms with van der Waals surface area (Å²) in [7, 11) is 0. The summed E-state index contributed by atoms with van der Waals surface area (Å²) in [5, 5.41) is 0. The Labute approximate surface area is 70.7 Å². The molecule has 0 unspecified atom stereocenters. The van der Waals surface area contributed by atoms with E-state index < -0.39 is 5.66 Å². The van der Waals surface area contributed by atoms with Gasteiger partial charge in [-0.25, -0.2) is 0 Å². The van der Waals surface area contributed by atoms with Gasteiger partial charge in [0.05, 0.1) is 0 Å². The van der Waals surface area contributed by atoms with Gasteiger partial charge in [-0.15, -0.1) is 0 Å². The quantitative estimate of drug-likeness (QED) is 0.445. The van der Waals surface area contributed by atoms with Gasteiger partial charge in [0.15, 0.2) is 0 Å². The van der Waals surface area contributed by atoms with Crippen molar-refractivity contribution in [2.24, 2.45) is 9.98 Å². The minimum atomic E-state index is -0.744. The topological polar surface area (TPSA) is 41.8 Å². The Kier molecular flexibility index (Phi) is 1.84. The van der Waals surface area contributed by atoms with Crippen LogP contribution in [-0.2, 0) is 4.79 Å². The van der Waals surface area contributed by atoms with Gasteiger partial charge in [0.1, 0.15) is 0 Å². The number of nitrogens with zero attached hydrogens (tertiary/aromatic N) is 2. The molecule has 0 aromatic heterocycles. The zero-order valence-electron chi connectivity index (χ0n) is 5.46. The van der Waals surface area contributed by atoms with Crippen LogP contribution >= 0.6 is 0 Å². The van der Waals surface area contributed by atoms with Crippen molar-refractivity contribution in [3.8, 4) is 0 Å². The maximum atomic E-state index is 10.8. The molecule has 1 rings (SSSR count). The first-order valence-corrected chi connectivity index (χ1v) is 3.75. The van der Waals surface area contributed by atoms with E-state index in [1.54, 1.807) is 19.4 Å². The molecule has 0 aliphatic carbocycles. The summed E-state index contributed by atoms with van der Waals surface area (Å²) in [5.41, 5.74) is -0.744. The molecular weight excluding hydrogens is 127 g/mol. The predicted molar refractivity (Wildman–Crippen MR) is 36.2 cm³/mol. The molecule has 0 amide bonds. The summed E-state index contributed by atoms with van der Waals surface area (Å²) in [4.78, 5) is 18.6. The van der Waals surface area contributed by atoms with Crippen LogP contribution in [0.5, 0.6) is 0 Å². The van der Waals surface area contributed by atoms with Crippen molar-refractivity contribution < 1.29 is 4.79 Å². The fraction of sp³-hybridized carbons (Fsp3) is 0.400. The third kappa shape index (κ3) is 1.28. The van der Waals surface area contributed by atoms with Crippen molar-refractivity contribution in [2.45, 2.75) is 12.6 Å². The third-order valence-electron chi connectivity index (χ3n) is 1.39. The van der Waals surface area contributed by atoms with E-state index in [0.717, 1.165) is 0 Å². The molecule has 1 heterocycles. The van der Waals surface area contributed by atoms with Crippen LogP contribution in [0.15, 0.2) is 9.98 Å². The Morgan fingerprint density at radius 1 is 1.56 bits per heavy atom. The molecule has 0 aromatic carbocycles. The van der Waals surface area contributed by atoms with E-state index in [2.05, 4.69) is 9.98 Å². The predicted octanol–water partition coefficient (Wildman–Crippen LogP) is -0.447. The second-order valence-electron chi connectivity index (χ2n) is 2.13. The summed E-state index contributed by atoms with van der Waals surface area (Å²) < 4.78 is 0.118. The van der Waals surface area contributed by atoms with E-state index in [-0.39, 0.29) is 3.03 Å². The molecule has 3 nitrogen and oxygen atoms in total. The van der Waals surface area contributed by atoms with E-state index in [4.69, 9.17) is 0 Å². The number of carbonyl (C=O) groups is 1. The van der Waals surface area contributed by atoms with Crippen LogP contribution in [-0.4, -0.2) is 49.1 Å². The van der Waals surface area contributed by atoms with Crippen LogP contribution in [0.2, 0.25) is 0 Å². The first-order valence-electron chi connectivity index (χ1n) is 2.75. The zero-order valence-corrected chi connectivity index (χ0v) is 7.46. The molecule has 0 N–H and O–H groups in total. The molecule has 0 atom stereocenters. The summed E-state index contributed by atoms with van der Waals surface area (Å²) in [6.45, 7) is 1.72. The molecule has 1 aliphatic rings. The van der Waals surface area contributed by atoms with E-state index >= 15 is 0 Å². The van der Waals surface area contributed by atoms with E-state index in [1.807, 2.05) is 0 Å². The molecule has 42 valence electrons. The Hall–Kier alpha value is 0.01000. The molecule has 9 heavy (non-hydrogen) atoms. The first kappa shape index (κ1) is 7.12. The summed E-state index contributed by atoms with van der Waals surface area (Å²) >= 11 is 0.520. The van der Waals surface area contributed by atoms with Crippen LogP contribution in [0.1, 0.15) is 6.92 Å². The number of carbonyl (C=O) groups excluding carboxylic acids is 1. The molecule has 0 spiro atoms. The average Bonchev–Trinajstić information content (AvgIpc) is 2.16. The number of aliphatic imine (C=N–C) groups is 2. The Morgan fingerprint density at radius 3 is 2.22 bits per heavy atom. The van der Waals surface area contributed by atoms with Gasteiger partial charge in [-0.3, -0.25) is 0 Å². The first-order chi connectivity index (χ1) is 4.15. The van der Waals surface area contributed by atoms with E-state index in [1.165, 1.54) is 0 Å². The third-order valence-corrected chi connectivity index (χ3v) is 2.33. The van der Waals surface area contributed by atoms with Crippen molar-refractivity contribution in [1.29, 1.82) is 0 Å². The van der Waals surface area contributed by atoms with Crippen LogP contribution < -0.4 is 0 Å². The Balaban J connectivity index is 2.88. The van der Waals surface area contributed by atoms with E-state index in [0.29, 0.717) is 27.9 Å². The van der Waals surface area contributed by atoms with Gasteiger partial charge in [-0.1, -0.05) is 0 Å². The molecule has 0 fully saturated rings. The maximum absolute atomic E-state index is 10.8. The number of hydrogen-bond acceptors (Lipinski definition) is 3. The minimum absolute atomic E-state index is 0.118. The molecule has 0 aromatic rings. The van der Waals surface area contributed by atoms with Gasteiger partial charge < -0.3 is 0 Å². The molecule has 0 saturated carbocycles. The molecule has 1 aliphatic heterocycles. The van der Waals surface area contributed by atoms with Crippen LogP contribution in [0.3, 0.4) is 0 Å². The zero-order chi connectivity index (χ0) is 6.91. The monoisotopic (exact) mass is 132 g/mol. The van der Waals surface area contributed by atoms with Crippen LogP contribution in [0.4, 0.5) is 0 Å². The summed E-state index contributed by atoms with van der Waals surface area (Å²) in [5.74, 6) is 0. The van der Waals surface area contributed by atoms with Crippen LogP contribution in [0, 0.1) is 0 Å². The normalized spacial score (nSPS) is 20.8. The van der Waals surface area contributed by atoms with Crippen LogP contribution in [0.25, 0.3) is 0 Å². The molecule has 0 radical (unpaired) electrons. The van der Waals surface area contributed by atoms with Gasteiger partial charge in [0.25, 0.3) is 0 Å². The van der Waals surface area contributed by atoms with Crippen molar-refractivity contribution in [1.82, 2.24) is 0 Å². The van der Waals surface area contributed by atoms with Gasteiger partial charge in [0, 0.05) is 0 Å². The second kappa shape index (κ2) is 2.33. The number of rotatable bonds is 1. The second-order valence-corrected chi connectivity index (χ2v) is 3.04. The van der Waals surface area contributed by atoms with Crippen molar-refractivity contribution in [3.05, 3.63) is 0 Å². The molecule has 0 bridgehead atoms. The van der Waals surface area contributed by atoms with Crippen molar-refractivity contribution in [3.63, 3.8) is 0 Å². The van der Waals surface area contributed by atoms with Gasteiger partial charge in [0.2, 0.25) is 0 Å².